The molecule has 4 rings (SSSR count). The Kier molecular flexibility index (Phi) is 6.29. The number of hydrogen-bond donors (Lipinski definition) is 1. The van der Waals surface area contributed by atoms with Crippen LogP contribution in [-0.4, -0.2) is 73.0 Å². The van der Waals surface area contributed by atoms with Gasteiger partial charge in [0.15, 0.2) is 0 Å². The molecule has 2 aromatic rings. The van der Waals surface area contributed by atoms with E-state index in [0.717, 1.165) is 24.0 Å². The second kappa shape index (κ2) is 8.81. The van der Waals surface area contributed by atoms with E-state index in [-0.39, 0.29) is 21.8 Å². The molecule has 2 fully saturated rings. The fourth-order valence-corrected chi connectivity index (χ4v) is 6.67. The summed E-state index contributed by atoms with van der Waals surface area (Å²) >= 11 is 6.91. The number of likely N-dealkylation sites (tertiary alicyclic amines) is 2. The number of thiophene rings is 1. The van der Waals surface area contributed by atoms with Crippen LogP contribution in [0.4, 0.5) is 0 Å². The summed E-state index contributed by atoms with van der Waals surface area (Å²) in [5.41, 5.74) is 0.468. The van der Waals surface area contributed by atoms with Gasteiger partial charge < -0.3 is 14.6 Å². The molecular weight excluding hydrogens is 464 g/mol. The highest BCUT2D eigenvalue weighted by Gasteiger charge is 2.36. The number of nitrogens with zero attached hydrogens (tertiary/aromatic N) is 3. The Bertz CT molecular complexity index is 1140. The van der Waals surface area contributed by atoms with Crippen molar-refractivity contribution in [2.45, 2.75) is 42.0 Å². The highest BCUT2D eigenvalue weighted by atomic mass is 35.5. The van der Waals surface area contributed by atoms with E-state index in [0.29, 0.717) is 42.6 Å². The Morgan fingerprint density at radius 2 is 2.06 bits per heavy atom. The Morgan fingerprint density at radius 3 is 2.84 bits per heavy atom. The van der Waals surface area contributed by atoms with Crippen molar-refractivity contribution in [2.75, 3.05) is 19.6 Å². The van der Waals surface area contributed by atoms with Crippen molar-refractivity contribution in [1.29, 1.82) is 0 Å². The molecule has 2 saturated heterocycles. The lowest BCUT2D eigenvalue weighted by atomic mass is 10.1. The zero-order valence-corrected chi connectivity index (χ0v) is 18.9. The SMILES string of the molecule is O=CC1CCCN1C(=O)CN1CCCC(NS(=O)(=O)c2cc3nc(Cl)ccc3s2)C1=O. The number of fused-ring (bicyclic) bond motifs is 1. The Hall–Kier alpha value is -2.08. The topological polar surface area (TPSA) is 117 Å². The summed E-state index contributed by atoms with van der Waals surface area (Å²) in [4.78, 5) is 43.6. The third-order valence-corrected chi connectivity index (χ3v) is 8.76. The second-order valence-corrected chi connectivity index (χ2v) is 11.0. The summed E-state index contributed by atoms with van der Waals surface area (Å²) in [5.74, 6) is -0.730. The monoisotopic (exact) mass is 484 g/mol. The van der Waals surface area contributed by atoms with E-state index < -0.39 is 28.0 Å². The van der Waals surface area contributed by atoms with Crippen molar-refractivity contribution in [2.24, 2.45) is 0 Å². The van der Waals surface area contributed by atoms with Gasteiger partial charge in [0.05, 0.1) is 22.8 Å². The van der Waals surface area contributed by atoms with Gasteiger partial charge in [0.2, 0.25) is 11.8 Å². The first-order valence-corrected chi connectivity index (χ1v) is 12.6. The van der Waals surface area contributed by atoms with E-state index >= 15 is 0 Å². The highest BCUT2D eigenvalue weighted by molar-refractivity contribution is 7.91. The van der Waals surface area contributed by atoms with E-state index in [2.05, 4.69) is 9.71 Å². The Morgan fingerprint density at radius 1 is 1.29 bits per heavy atom. The maximum Gasteiger partial charge on any atom is 0.250 e. The Labute approximate surface area is 188 Å². The molecule has 2 unspecified atom stereocenters. The van der Waals surface area contributed by atoms with Crippen molar-refractivity contribution >= 4 is 61.3 Å². The minimum atomic E-state index is -3.95. The number of aromatic nitrogens is 1. The first-order chi connectivity index (χ1) is 14.8. The van der Waals surface area contributed by atoms with Crippen LogP contribution in [0, 0.1) is 0 Å². The number of aldehydes is 1. The van der Waals surface area contributed by atoms with E-state index in [1.165, 1.54) is 15.9 Å². The van der Waals surface area contributed by atoms with Gasteiger partial charge in [-0.1, -0.05) is 11.6 Å². The molecule has 9 nitrogen and oxygen atoms in total. The highest BCUT2D eigenvalue weighted by Crippen LogP contribution is 2.29. The average molecular weight is 485 g/mol. The van der Waals surface area contributed by atoms with Crippen molar-refractivity contribution < 1.29 is 22.8 Å². The van der Waals surface area contributed by atoms with Crippen LogP contribution in [0.3, 0.4) is 0 Å². The first kappa shape index (κ1) is 22.1. The van der Waals surface area contributed by atoms with Crippen LogP contribution in [0.25, 0.3) is 10.2 Å². The van der Waals surface area contributed by atoms with E-state index in [9.17, 15) is 22.8 Å². The van der Waals surface area contributed by atoms with E-state index in [4.69, 9.17) is 11.6 Å². The van der Waals surface area contributed by atoms with Gasteiger partial charge in [-0.2, -0.15) is 4.72 Å². The lowest BCUT2D eigenvalue weighted by molar-refractivity contribution is -0.144. The maximum atomic E-state index is 12.9. The quantitative estimate of drug-likeness (QED) is 0.489. The van der Waals surface area contributed by atoms with Crippen molar-refractivity contribution in [3.8, 4) is 0 Å². The van der Waals surface area contributed by atoms with Crippen LogP contribution < -0.4 is 4.72 Å². The lowest BCUT2D eigenvalue weighted by Crippen LogP contribution is -2.54. The molecule has 0 bridgehead atoms. The van der Waals surface area contributed by atoms with Gasteiger partial charge >= 0.3 is 0 Å². The Balaban J connectivity index is 1.46. The number of nitrogens with one attached hydrogen (secondary N) is 1. The van der Waals surface area contributed by atoms with E-state index in [1.807, 2.05) is 0 Å². The second-order valence-electron chi connectivity index (χ2n) is 7.59. The molecule has 12 heteroatoms. The molecule has 2 aliphatic rings. The van der Waals surface area contributed by atoms with Crippen LogP contribution in [0.15, 0.2) is 22.4 Å². The average Bonchev–Trinajstić information content (AvgIpc) is 3.37. The van der Waals surface area contributed by atoms with Gasteiger partial charge in [0, 0.05) is 13.1 Å². The number of carbonyl (C=O) groups excluding carboxylic acids is 3. The minimum absolute atomic E-state index is 0.0455. The first-order valence-electron chi connectivity index (χ1n) is 9.90. The molecule has 0 saturated carbocycles. The van der Waals surface area contributed by atoms with Gasteiger partial charge in [0.1, 0.15) is 21.7 Å². The van der Waals surface area contributed by atoms with Crippen molar-refractivity contribution in [1.82, 2.24) is 19.5 Å². The summed E-state index contributed by atoms with van der Waals surface area (Å²) in [7, 11) is -3.95. The van der Waals surface area contributed by atoms with Crippen LogP contribution in [0.1, 0.15) is 25.7 Å². The van der Waals surface area contributed by atoms with Gasteiger partial charge in [0.25, 0.3) is 10.0 Å². The third kappa shape index (κ3) is 4.59. The summed E-state index contributed by atoms with van der Waals surface area (Å²) in [5, 5.41) is 0.264. The molecule has 1 N–H and O–H groups in total. The minimum Gasteiger partial charge on any atom is -0.332 e. The van der Waals surface area contributed by atoms with Gasteiger partial charge in [-0.15, -0.1) is 11.3 Å². The van der Waals surface area contributed by atoms with Crippen LogP contribution >= 0.6 is 22.9 Å². The fraction of sp³-hybridized carbons (Fsp3) is 0.474. The molecule has 0 aliphatic carbocycles. The molecule has 0 aromatic carbocycles. The van der Waals surface area contributed by atoms with Gasteiger partial charge in [-0.05, 0) is 43.9 Å². The molecule has 0 spiro atoms. The number of amides is 2. The molecule has 31 heavy (non-hydrogen) atoms. The number of carbonyl (C=O) groups is 3. The summed E-state index contributed by atoms with van der Waals surface area (Å²) in [6.45, 7) is 0.699. The predicted molar refractivity (Wildman–Crippen MR) is 115 cm³/mol. The standard InChI is InChI=1S/C19H21ClN4O5S2/c20-16-6-5-15-14(21-16)9-18(30-15)31(28,29)22-13-4-2-7-23(19(13)27)10-17(26)24-8-1-3-12(24)11-25/h5-6,9,11-13,22H,1-4,7-8,10H2. The van der Waals surface area contributed by atoms with Crippen LogP contribution in [0.2, 0.25) is 5.15 Å². The van der Waals surface area contributed by atoms with Crippen molar-refractivity contribution in [3.63, 3.8) is 0 Å². The number of pyridine rings is 1. The summed E-state index contributed by atoms with van der Waals surface area (Å²) in [6.07, 6.45) is 3.04. The zero-order valence-electron chi connectivity index (χ0n) is 16.5. The summed E-state index contributed by atoms with van der Waals surface area (Å²) < 4.78 is 28.9. The van der Waals surface area contributed by atoms with Crippen LogP contribution in [0.5, 0.6) is 0 Å². The summed E-state index contributed by atoms with van der Waals surface area (Å²) in [6, 6.07) is 3.30. The molecule has 166 valence electrons. The van der Waals surface area contributed by atoms with Crippen LogP contribution in [-0.2, 0) is 24.4 Å². The molecule has 2 amide bonds. The van der Waals surface area contributed by atoms with Gasteiger partial charge in [-0.3, -0.25) is 9.59 Å². The number of hydrogen-bond acceptors (Lipinski definition) is 7. The predicted octanol–water partition coefficient (Wildman–Crippen LogP) is 1.41. The molecule has 2 atom stereocenters. The number of halogens is 1. The smallest absolute Gasteiger partial charge is 0.250 e. The molecular formula is C19H21ClN4O5S2. The molecule has 4 heterocycles. The largest absolute Gasteiger partial charge is 0.332 e. The third-order valence-electron chi connectivity index (χ3n) is 5.51. The molecule has 0 radical (unpaired) electrons. The normalized spacial score (nSPS) is 22.3. The lowest BCUT2D eigenvalue weighted by Gasteiger charge is -2.33. The van der Waals surface area contributed by atoms with Gasteiger partial charge in [-0.25, -0.2) is 13.4 Å². The maximum absolute atomic E-state index is 12.9. The molecule has 2 aliphatic heterocycles. The number of sulfonamides is 1. The fourth-order valence-electron chi connectivity index (χ4n) is 3.96. The molecule has 2 aromatic heterocycles. The van der Waals surface area contributed by atoms with Crippen molar-refractivity contribution in [3.05, 3.63) is 23.4 Å². The zero-order chi connectivity index (χ0) is 22.2. The number of rotatable bonds is 6. The number of piperidine rings is 1. The van der Waals surface area contributed by atoms with E-state index in [1.54, 1.807) is 12.1 Å².